The van der Waals surface area contributed by atoms with Gasteiger partial charge in [-0.3, -0.25) is 4.99 Å². The van der Waals surface area contributed by atoms with Crippen molar-refractivity contribution in [2.75, 3.05) is 0 Å². The fraction of sp³-hybridized carbons (Fsp3) is 0.300. The summed E-state index contributed by atoms with van der Waals surface area (Å²) in [4.78, 5) is 4.04. The van der Waals surface area contributed by atoms with E-state index in [4.69, 9.17) is 11.5 Å². The van der Waals surface area contributed by atoms with Crippen molar-refractivity contribution < 1.29 is 0 Å². The normalized spacial score (nSPS) is 12.1. The van der Waals surface area contributed by atoms with Crippen LogP contribution in [0.15, 0.2) is 35.3 Å². The van der Waals surface area contributed by atoms with Crippen LogP contribution in [0.25, 0.3) is 0 Å². The van der Waals surface area contributed by atoms with Crippen molar-refractivity contribution in [3.8, 4) is 0 Å². The molecule has 1 aromatic carbocycles. The van der Waals surface area contributed by atoms with Gasteiger partial charge < -0.3 is 11.5 Å². The Morgan fingerprint density at radius 2 is 1.92 bits per heavy atom. The molecule has 0 fully saturated rings. The van der Waals surface area contributed by atoms with E-state index in [0.717, 1.165) is 6.42 Å². The lowest BCUT2D eigenvalue weighted by Crippen LogP contribution is -2.25. The van der Waals surface area contributed by atoms with E-state index < -0.39 is 0 Å². The number of hydrogen-bond acceptors (Lipinski definition) is 1. The minimum Gasteiger partial charge on any atom is -0.370 e. The van der Waals surface area contributed by atoms with Crippen LogP contribution in [0.2, 0.25) is 0 Å². The number of aliphatic imine (C=N–C) groups is 1. The third kappa shape index (κ3) is 3.60. The summed E-state index contributed by atoms with van der Waals surface area (Å²) >= 11 is 0. The number of nitrogens with zero attached hydrogens (tertiary/aromatic N) is 1. The van der Waals surface area contributed by atoms with Gasteiger partial charge in [0.1, 0.15) is 0 Å². The molecule has 3 nitrogen and oxygen atoms in total. The Kier molecular flexibility index (Phi) is 3.31. The summed E-state index contributed by atoms with van der Waals surface area (Å²) in [7, 11) is 0. The molecule has 0 radical (unpaired) electrons. The Morgan fingerprint density at radius 1 is 1.31 bits per heavy atom. The molecule has 0 saturated heterocycles. The van der Waals surface area contributed by atoms with Gasteiger partial charge in [-0.1, -0.05) is 30.3 Å². The Morgan fingerprint density at radius 3 is 2.46 bits per heavy atom. The maximum Gasteiger partial charge on any atom is 0.186 e. The molecule has 4 N–H and O–H groups in total. The van der Waals surface area contributed by atoms with Crippen molar-refractivity contribution >= 4 is 5.96 Å². The molecule has 0 saturated carbocycles. The van der Waals surface area contributed by atoms with Gasteiger partial charge >= 0.3 is 0 Å². The summed E-state index contributed by atoms with van der Waals surface area (Å²) in [6.45, 7) is 1.99. The van der Waals surface area contributed by atoms with E-state index in [-0.39, 0.29) is 12.0 Å². The van der Waals surface area contributed by atoms with Crippen molar-refractivity contribution in [1.82, 2.24) is 0 Å². The molecule has 0 aliphatic rings. The molecule has 0 aliphatic heterocycles. The third-order valence-corrected chi connectivity index (χ3v) is 1.74. The second-order valence-corrected chi connectivity index (χ2v) is 3.09. The van der Waals surface area contributed by atoms with E-state index in [1.165, 1.54) is 5.56 Å². The largest absolute Gasteiger partial charge is 0.370 e. The Bertz CT molecular complexity index is 275. The minimum atomic E-state index is 0.146. The summed E-state index contributed by atoms with van der Waals surface area (Å²) in [5, 5.41) is 0. The number of nitrogens with two attached hydrogens (primary N) is 2. The van der Waals surface area contributed by atoms with E-state index in [9.17, 15) is 0 Å². The molecule has 0 spiro atoms. The highest BCUT2D eigenvalue weighted by Crippen LogP contribution is 2.04. The Labute approximate surface area is 78.5 Å². The van der Waals surface area contributed by atoms with Crippen LogP contribution in [0, 0.1) is 0 Å². The summed E-state index contributed by atoms with van der Waals surface area (Å²) in [5.74, 6) is 0.156. The standard InChI is InChI=1S/C10H15N3/c1-8(13-10(11)12)7-9-5-3-2-4-6-9/h2-6,8H,7H2,1H3,(H4,11,12,13)/t8-/m1/s1. The minimum absolute atomic E-state index is 0.146. The fourth-order valence-corrected chi connectivity index (χ4v) is 1.26. The van der Waals surface area contributed by atoms with Gasteiger partial charge in [-0.15, -0.1) is 0 Å². The van der Waals surface area contributed by atoms with E-state index >= 15 is 0 Å². The van der Waals surface area contributed by atoms with Gasteiger partial charge in [0.25, 0.3) is 0 Å². The number of guanidine groups is 1. The number of rotatable bonds is 3. The SMILES string of the molecule is C[C@H](Cc1ccccc1)N=C(N)N. The monoisotopic (exact) mass is 177 g/mol. The van der Waals surface area contributed by atoms with Crippen molar-refractivity contribution in [3.63, 3.8) is 0 Å². The molecule has 1 rings (SSSR count). The van der Waals surface area contributed by atoms with Gasteiger partial charge in [0.2, 0.25) is 0 Å². The van der Waals surface area contributed by atoms with Crippen LogP contribution in [0.5, 0.6) is 0 Å². The van der Waals surface area contributed by atoms with Gasteiger partial charge in [0.15, 0.2) is 5.96 Å². The highest BCUT2D eigenvalue weighted by atomic mass is 15.0. The number of benzene rings is 1. The topological polar surface area (TPSA) is 64.4 Å². The highest BCUT2D eigenvalue weighted by molar-refractivity contribution is 5.75. The molecule has 1 aromatic rings. The first-order valence-corrected chi connectivity index (χ1v) is 4.31. The summed E-state index contributed by atoms with van der Waals surface area (Å²) in [6.07, 6.45) is 0.874. The van der Waals surface area contributed by atoms with Crippen molar-refractivity contribution in [1.29, 1.82) is 0 Å². The molecule has 0 heterocycles. The van der Waals surface area contributed by atoms with Gasteiger partial charge in [-0.05, 0) is 18.9 Å². The van der Waals surface area contributed by atoms with Crippen LogP contribution in [-0.2, 0) is 6.42 Å². The van der Waals surface area contributed by atoms with E-state index in [2.05, 4.69) is 17.1 Å². The molecular formula is C10H15N3. The lowest BCUT2D eigenvalue weighted by atomic mass is 10.1. The van der Waals surface area contributed by atoms with Gasteiger partial charge in [-0.2, -0.15) is 0 Å². The molecule has 0 unspecified atom stereocenters. The maximum absolute atomic E-state index is 5.27. The van der Waals surface area contributed by atoms with Gasteiger partial charge in [-0.25, -0.2) is 0 Å². The average Bonchev–Trinajstić information content (AvgIpc) is 2.04. The molecule has 13 heavy (non-hydrogen) atoms. The second kappa shape index (κ2) is 4.50. The predicted molar refractivity (Wildman–Crippen MR) is 55.4 cm³/mol. The molecular weight excluding hydrogens is 162 g/mol. The summed E-state index contributed by atoms with van der Waals surface area (Å²) in [6, 6.07) is 10.3. The van der Waals surface area contributed by atoms with Crippen molar-refractivity contribution in [3.05, 3.63) is 35.9 Å². The van der Waals surface area contributed by atoms with Crippen molar-refractivity contribution in [2.45, 2.75) is 19.4 Å². The highest BCUT2D eigenvalue weighted by Gasteiger charge is 2.00. The molecule has 0 bridgehead atoms. The molecule has 1 atom stereocenters. The molecule has 0 amide bonds. The average molecular weight is 177 g/mol. The zero-order valence-corrected chi connectivity index (χ0v) is 7.77. The zero-order chi connectivity index (χ0) is 9.68. The predicted octanol–water partition coefficient (Wildman–Crippen LogP) is 0.891. The molecule has 0 aliphatic carbocycles. The quantitative estimate of drug-likeness (QED) is 0.532. The van der Waals surface area contributed by atoms with Crippen LogP contribution < -0.4 is 11.5 Å². The molecule has 3 heteroatoms. The van der Waals surface area contributed by atoms with Crippen molar-refractivity contribution in [2.24, 2.45) is 16.5 Å². The number of hydrogen-bond donors (Lipinski definition) is 2. The van der Waals surface area contributed by atoms with E-state index in [1.807, 2.05) is 25.1 Å². The first-order chi connectivity index (χ1) is 6.18. The lowest BCUT2D eigenvalue weighted by Gasteiger charge is -2.05. The summed E-state index contributed by atoms with van der Waals surface area (Å²) in [5.41, 5.74) is 11.8. The molecule has 0 aromatic heterocycles. The first-order valence-electron chi connectivity index (χ1n) is 4.31. The third-order valence-electron chi connectivity index (χ3n) is 1.74. The van der Waals surface area contributed by atoms with Crippen LogP contribution in [0.1, 0.15) is 12.5 Å². The Balaban J connectivity index is 2.55. The van der Waals surface area contributed by atoms with Gasteiger partial charge in [0, 0.05) is 0 Å². The van der Waals surface area contributed by atoms with Crippen LogP contribution in [0.3, 0.4) is 0 Å². The smallest absolute Gasteiger partial charge is 0.186 e. The van der Waals surface area contributed by atoms with Crippen LogP contribution in [-0.4, -0.2) is 12.0 Å². The second-order valence-electron chi connectivity index (χ2n) is 3.09. The zero-order valence-electron chi connectivity index (χ0n) is 7.77. The Hall–Kier alpha value is -1.51. The van der Waals surface area contributed by atoms with Crippen LogP contribution in [0.4, 0.5) is 0 Å². The fourth-order valence-electron chi connectivity index (χ4n) is 1.26. The maximum atomic E-state index is 5.27. The summed E-state index contributed by atoms with van der Waals surface area (Å²) < 4.78 is 0. The van der Waals surface area contributed by atoms with E-state index in [0.29, 0.717) is 0 Å². The first kappa shape index (κ1) is 9.58. The van der Waals surface area contributed by atoms with E-state index in [1.54, 1.807) is 0 Å². The molecule has 70 valence electrons. The van der Waals surface area contributed by atoms with Gasteiger partial charge in [0.05, 0.1) is 6.04 Å². The lowest BCUT2D eigenvalue weighted by molar-refractivity contribution is 0.738. The van der Waals surface area contributed by atoms with Crippen LogP contribution >= 0.6 is 0 Å².